The number of likely N-dealkylation sites (tertiary alicyclic amines) is 1. The van der Waals surface area contributed by atoms with Gasteiger partial charge in [0.25, 0.3) is 0 Å². The maximum absolute atomic E-state index is 14.0. The maximum Gasteiger partial charge on any atom is 0.168 e. The number of halogens is 3. The van der Waals surface area contributed by atoms with Crippen LogP contribution in [0, 0.1) is 36.2 Å². The fourth-order valence-corrected chi connectivity index (χ4v) is 5.04. The predicted octanol–water partition coefficient (Wildman–Crippen LogP) is 4.59. The molecule has 2 aromatic heterocycles. The number of nitrogens with one attached hydrogen (secondary N) is 1. The number of nitrogens with zero attached hydrogens (tertiary/aromatic N) is 4. The fraction of sp³-hybridized carbons (Fsp3) is 0.375. The van der Waals surface area contributed by atoms with Crippen molar-refractivity contribution >= 4 is 5.82 Å². The summed E-state index contributed by atoms with van der Waals surface area (Å²) in [7, 11) is 0. The van der Waals surface area contributed by atoms with Crippen molar-refractivity contribution in [3.05, 3.63) is 71.3 Å². The van der Waals surface area contributed by atoms with E-state index in [0.717, 1.165) is 44.2 Å². The summed E-state index contributed by atoms with van der Waals surface area (Å²) < 4.78 is 40.9. The van der Waals surface area contributed by atoms with Gasteiger partial charge in [0, 0.05) is 43.5 Å². The lowest BCUT2D eigenvalue weighted by molar-refractivity contribution is 0.297. The van der Waals surface area contributed by atoms with Crippen LogP contribution in [-0.2, 0) is 6.54 Å². The molecule has 0 bridgehead atoms. The number of pyridine rings is 1. The molecule has 5 rings (SSSR count). The fourth-order valence-electron chi connectivity index (χ4n) is 5.04. The third kappa shape index (κ3) is 4.19. The quantitative estimate of drug-likeness (QED) is 0.590. The van der Waals surface area contributed by atoms with Crippen molar-refractivity contribution < 1.29 is 13.2 Å². The smallest absolute Gasteiger partial charge is 0.168 e. The van der Waals surface area contributed by atoms with Gasteiger partial charge in [-0.2, -0.15) is 0 Å². The van der Waals surface area contributed by atoms with Gasteiger partial charge in [-0.15, -0.1) is 10.2 Å². The van der Waals surface area contributed by atoms with Gasteiger partial charge in [0.1, 0.15) is 11.6 Å². The summed E-state index contributed by atoms with van der Waals surface area (Å²) in [6, 6.07) is 9.01. The third-order valence-corrected chi connectivity index (χ3v) is 6.60. The number of hydrogen-bond donors (Lipinski definition) is 1. The van der Waals surface area contributed by atoms with Gasteiger partial charge in [0.15, 0.2) is 11.6 Å². The van der Waals surface area contributed by atoms with E-state index in [0.29, 0.717) is 29.8 Å². The Balaban J connectivity index is 1.18. The Labute approximate surface area is 184 Å². The SMILES string of the molecule is Cc1cccnc1CN1C[C@H]2C[C@H](Nc3ccc(-c4cc(F)cc(F)c4F)nn3)C[C@H]2C1. The zero-order valence-corrected chi connectivity index (χ0v) is 17.7. The second-order valence-electron chi connectivity index (χ2n) is 8.85. The molecule has 0 radical (unpaired) electrons. The van der Waals surface area contributed by atoms with Crippen LogP contribution in [0.15, 0.2) is 42.6 Å². The van der Waals surface area contributed by atoms with Gasteiger partial charge < -0.3 is 5.32 Å². The molecule has 0 unspecified atom stereocenters. The van der Waals surface area contributed by atoms with Crippen LogP contribution < -0.4 is 5.32 Å². The van der Waals surface area contributed by atoms with Gasteiger partial charge in [0.05, 0.1) is 11.4 Å². The van der Waals surface area contributed by atoms with E-state index in [1.165, 1.54) is 11.6 Å². The largest absolute Gasteiger partial charge is 0.366 e. The Morgan fingerprint density at radius 2 is 1.81 bits per heavy atom. The first kappa shape index (κ1) is 20.9. The number of benzene rings is 1. The van der Waals surface area contributed by atoms with Crippen molar-refractivity contribution in [2.45, 2.75) is 32.4 Å². The number of hydrogen-bond acceptors (Lipinski definition) is 5. The molecule has 8 heteroatoms. The van der Waals surface area contributed by atoms with Gasteiger partial charge in [-0.05, 0) is 61.4 Å². The highest BCUT2D eigenvalue weighted by Gasteiger charge is 2.41. The molecular formula is C24H24F3N5. The summed E-state index contributed by atoms with van der Waals surface area (Å²) in [5.41, 5.74) is 2.23. The van der Waals surface area contributed by atoms with Gasteiger partial charge in [-0.3, -0.25) is 9.88 Å². The third-order valence-electron chi connectivity index (χ3n) is 6.60. The van der Waals surface area contributed by atoms with Crippen LogP contribution in [0.1, 0.15) is 24.1 Å². The first-order valence-electron chi connectivity index (χ1n) is 10.8. The van der Waals surface area contributed by atoms with E-state index in [2.05, 4.69) is 38.4 Å². The van der Waals surface area contributed by atoms with Gasteiger partial charge in [0.2, 0.25) is 0 Å². The summed E-state index contributed by atoms with van der Waals surface area (Å²) in [5, 5.41) is 11.5. The molecule has 32 heavy (non-hydrogen) atoms. The minimum absolute atomic E-state index is 0.0928. The molecule has 3 heterocycles. The average Bonchev–Trinajstić information content (AvgIpc) is 3.31. The molecule has 2 aliphatic rings. The highest BCUT2D eigenvalue weighted by molar-refractivity contribution is 5.60. The Hall–Kier alpha value is -3.00. The lowest BCUT2D eigenvalue weighted by Crippen LogP contribution is -2.25. The molecule has 1 aliphatic carbocycles. The van der Waals surface area contributed by atoms with E-state index < -0.39 is 17.5 Å². The Bertz CT molecular complexity index is 1110. The molecule has 1 N–H and O–H groups in total. The molecule has 1 saturated carbocycles. The molecule has 2 fully saturated rings. The molecule has 5 nitrogen and oxygen atoms in total. The first-order chi connectivity index (χ1) is 15.5. The van der Waals surface area contributed by atoms with E-state index >= 15 is 0 Å². The molecule has 3 atom stereocenters. The normalized spacial score (nSPS) is 22.8. The zero-order chi connectivity index (χ0) is 22.2. The Morgan fingerprint density at radius 1 is 1.03 bits per heavy atom. The van der Waals surface area contributed by atoms with Gasteiger partial charge >= 0.3 is 0 Å². The van der Waals surface area contributed by atoms with Crippen molar-refractivity contribution in [2.24, 2.45) is 11.8 Å². The van der Waals surface area contributed by atoms with E-state index in [9.17, 15) is 13.2 Å². The van der Waals surface area contributed by atoms with Crippen molar-refractivity contribution in [3.63, 3.8) is 0 Å². The lowest BCUT2D eigenvalue weighted by Gasteiger charge is -2.20. The highest BCUT2D eigenvalue weighted by Crippen LogP contribution is 2.39. The summed E-state index contributed by atoms with van der Waals surface area (Å²) in [6.07, 6.45) is 3.95. The highest BCUT2D eigenvalue weighted by atomic mass is 19.2. The standard InChI is InChI=1S/C24H24F3N5/c1-14-3-2-6-28-22(14)13-32-11-15-7-18(8-16(15)12-32)29-23-5-4-21(30-31-23)19-9-17(25)10-20(26)24(19)27/h2-6,9-10,15-16,18H,7-8,11-13H2,1H3,(H,29,31)/t15-,16+,18+. The van der Waals surface area contributed by atoms with Crippen LogP contribution in [0.4, 0.5) is 19.0 Å². The predicted molar refractivity (Wildman–Crippen MR) is 115 cm³/mol. The van der Waals surface area contributed by atoms with Crippen LogP contribution in [0.3, 0.4) is 0 Å². The van der Waals surface area contributed by atoms with Crippen molar-refractivity contribution in [1.29, 1.82) is 0 Å². The number of fused-ring (bicyclic) bond motifs is 1. The van der Waals surface area contributed by atoms with Crippen LogP contribution in [0.5, 0.6) is 0 Å². The topological polar surface area (TPSA) is 53.9 Å². The number of rotatable bonds is 5. The molecule has 3 aromatic rings. The van der Waals surface area contributed by atoms with Crippen LogP contribution >= 0.6 is 0 Å². The van der Waals surface area contributed by atoms with Crippen LogP contribution in [0.25, 0.3) is 11.3 Å². The number of aryl methyl sites for hydroxylation is 1. The molecule has 166 valence electrons. The van der Waals surface area contributed by atoms with Gasteiger partial charge in [-0.1, -0.05) is 6.07 Å². The molecule has 0 amide bonds. The van der Waals surface area contributed by atoms with Crippen LogP contribution in [0.2, 0.25) is 0 Å². The zero-order valence-electron chi connectivity index (χ0n) is 17.7. The summed E-state index contributed by atoms with van der Waals surface area (Å²) in [5.74, 6) is -1.38. The van der Waals surface area contributed by atoms with Crippen molar-refractivity contribution in [2.75, 3.05) is 18.4 Å². The Kier molecular flexibility index (Phi) is 5.55. The molecule has 1 aromatic carbocycles. The second-order valence-corrected chi connectivity index (χ2v) is 8.85. The van der Waals surface area contributed by atoms with Crippen molar-refractivity contribution in [1.82, 2.24) is 20.1 Å². The summed E-state index contributed by atoms with van der Waals surface area (Å²) >= 11 is 0. The molecule has 1 saturated heterocycles. The number of aromatic nitrogens is 3. The Morgan fingerprint density at radius 3 is 2.50 bits per heavy atom. The maximum atomic E-state index is 14.0. The minimum Gasteiger partial charge on any atom is -0.366 e. The monoisotopic (exact) mass is 439 g/mol. The molecular weight excluding hydrogens is 415 g/mol. The molecule has 1 aliphatic heterocycles. The summed E-state index contributed by atoms with van der Waals surface area (Å²) in [4.78, 5) is 7.00. The van der Waals surface area contributed by atoms with E-state index in [4.69, 9.17) is 0 Å². The average molecular weight is 439 g/mol. The first-order valence-corrected chi connectivity index (χ1v) is 10.8. The lowest BCUT2D eigenvalue weighted by atomic mass is 10.0. The van der Waals surface area contributed by atoms with Gasteiger partial charge in [-0.25, -0.2) is 13.2 Å². The summed E-state index contributed by atoms with van der Waals surface area (Å²) in [6.45, 7) is 5.12. The second kappa shape index (κ2) is 8.50. The van der Waals surface area contributed by atoms with E-state index in [1.54, 1.807) is 6.07 Å². The van der Waals surface area contributed by atoms with Crippen molar-refractivity contribution in [3.8, 4) is 11.3 Å². The van der Waals surface area contributed by atoms with E-state index in [-0.39, 0.29) is 11.3 Å². The van der Waals surface area contributed by atoms with E-state index in [1.807, 2.05) is 12.3 Å². The molecule has 0 spiro atoms. The number of anilines is 1. The minimum atomic E-state index is -1.24. The van der Waals surface area contributed by atoms with Crippen LogP contribution in [-0.4, -0.2) is 39.2 Å².